The minimum absolute atomic E-state index is 0.0587. The molecule has 0 aliphatic heterocycles. The Labute approximate surface area is 218 Å². The summed E-state index contributed by atoms with van der Waals surface area (Å²) < 4.78 is 1.03. The maximum Gasteiger partial charge on any atom is 0.243 e. The van der Waals surface area contributed by atoms with Crippen LogP contribution >= 0.6 is 50.9 Å². The zero-order valence-corrected chi connectivity index (χ0v) is 22.6. The summed E-state index contributed by atoms with van der Waals surface area (Å²) >= 11 is 17.3. The maximum absolute atomic E-state index is 13.3. The first-order chi connectivity index (χ1) is 15.9. The van der Waals surface area contributed by atoms with E-state index in [4.69, 9.17) is 23.2 Å². The van der Waals surface area contributed by atoms with Crippen molar-refractivity contribution in [3.63, 3.8) is 0 Å². The topological polar surface area (TPSA) is 49.4 Å². The molecule has 0 aromatic heterocycles. The van der Waals surface area contributed by atoms with Crippen molar-refractivity contribution in [1.82, 2.24) is 10.2 Å². The summed E-state index contributed by atoms with van der Waals surface area (Å²) in [5.41, 5.74) is 2.00. The third kappa shape index (κ3) is 7.91. The van der Waals surface area contributed by atoms with Gasteiger partial charge in [-0.05, 0) is 54.7 Å². The molecule has 33 heavy (non-hydrogen) atoms. The van der Waals surface area contributed by atoms with Gasteiger partial charge in [0.05, 0.1) is 15.8 Å². The van der Waals surface area contributed by atoms with E-state index in [9.17, 15) is 9.59 Å². The lowest BCUT2D eigenvalue weighted by Crippen LogP contribution is -2.51. The first-order valence-electron chi connectivity index (χ1n) is 11.2. The van der Waals surface area contributed by atoms with Crippen molar-refractivity contribution in [2.75, 3.05) is 5.75 Å². The maximum atomic E-state index is 13.3. The number of halogens is 3. The van der Waals surface area contributed by atoms with E-state index in [2.05, 4.69) is 21.2 Å². The van der Waals surface area contributed by atoms with Crippen molar-refractivity contribution in [1.29, 1.82) is 0 Å². The van der Waals surface area contributed by atoms with Gasteiger partial charge in [-0.2, -0.15) is 0 Å². The van der Waals surface area contributed by atoms with Crippen LogP contribution < -0.4 is 5.32 Å². The van der Waals surface area contributed by atoms with E-state index in [-0.39, 0.29) is 17.9 Å². The molecule has 1 aliphatic carbocycles. The molecular weight excluding hydrogens is 543 g/mol. The highest BCUT2D eigenvalue weighted by molar-refractivity contribution is 9.10. The molecule has 0 spiro atoms. The largest absolute Gasteiger partial charge is 0.352 e. The molecule has 4 nitrogen and oxygen atoms in total. The molecule has 8 heteroatoms. The summed E-state index contributed by atoms with van der Waals surface area (Å²) in [6, 6.07) is 13.1. The molecule has 2 amide bonds. The Bertz CT molecular complexity index is 952. The Morgan fingerprint density at radius 1 is 1.09 bits per heavy atom. The standard InChI is InChI=1S/C25H29BrCl2N2O2S/c1-2-23(25(32)29-20-5-3-4-6-20)30(14-18-9-12-21(27)22(28)13-18)24(31)16-33-15-17-7-10-19(26)11-8-17/h7-13,20,23H,2-6,14-16H2,1H3,(H,29,32). The van der Waals surface area contributed by atoms with Crippen LogP contribution in [0.3, 0.4) is 0 Å². The van der Waals surface area contributed by atoms with Gasteiger partial charge in [0.25, 0.3) is 0 Å². The van der Waals surface area contributed by atoms with Crippen molar-refractivity contribution in [3.8, 4) is 0 Å². The smallest absolute Gasteiger partial charge is 0.243 e. The Hall–Kier alpha value is -1.21. The highest BCUT2D eigenvalue weighted by Gasteiger charge is 2.30. The lowest BCUT2D eigenvalue weighted by molar-refractivity contribution is -0.139. The predicted molar refractivity (Wildman–Crippen MR) is 142 cm³/mol. The Kier molecular flexibility index (Phi) is 10.4. The molecule has 0 saturated heterocycles. The third-order valence-corrected chi connectivity index (χ3v) is 8.09. The quantitative estimate of drug-likeness (QED) is 0.339. The molecule has 1 aliphatic rings. The van der Waals surface area contributed by atoms with Gasteiger partial charge >= 0.3 is 0 Å². The van der Waals surface area contributed by atoms with Crippen molar-refractivity contribution in [2.24, 2.45) is 0 Å². The fourth-order valence-corrected chi connectivity index (χ4v) is 5.50. The van der Waals surface area contributed by atoms with Crippen LogP contribution in [-0.4, -0.2) is 34.6 Å². The summed E-state index contributed by atoms with van der Waals surface area (Å²) in [5, 5.41) is 4.07. The summed E-state index contributed by atoms with van der Waals surface area (Å²) in [6.07, 6.45) is 4.83. The lowest BCUT2D eigenvalue weighted by atomic mass is 10.1. The zero-order valence-electron chi connectivity index (χ0n) is 18.7. The number of hydrogen-bond donors (Lipinski definition) is 1. The summed E-state index contributed by atoms with van der Waals surface area (Å²) in [5.74, 6) is 0.891. The van der Waals surface area contributed by atoms with Crippen molar-refractivity contribution in [3.05, 3.63) is 68.1 Å². The van der Waals surface area contributed by atoms with E-state index in [1.54, 1.807) is 28.8 Å². The molecule has 1 fully saturated rings. The van der Waals surface area contributed by atoms with Crippen LogP contribution in [-0.2, 0) is 21.9 Å². The Balaban J connectivity index is 1.71. The van der Waals surface area contributed by atoms with Crippen molar-refractivity contribution < 1.29 is 9.59 Å². The van der Waals surface area contributed by atoms with Gasteiger partial charge in [-0.3, -0.25) is 9.59 Å². The van der Waals surface area contributed by atoms with E-state index >= 15 is 0 Å². The van der Waals surface area contributed by atoms with E-state index in [1.165, 1.54) is 0 Å². The molecule has 1 saturated carbocycles. The first kappa shape index (κ1) is 26.4. The van der Waals surface area contributed by atoms with Gasteiger partial charge in [0, 0.05) is 22.8 Å². The number of rotatable bonds is 10. The molecule has 0 bridgehead atoms. The van der Waals surface area contributed by atoms with E-state index in [0.29, 0.717) is 28.8 Å². The number of nitrogens with zero attached hydrogens (tertiary/aromatic N) is 1. The van der Waals surface area contributed by atoms with Crippen LogP contribution in [0.15, 0.2) is 46.9 Å². The highest BCUT2D eigenvalue weighted by Crippen LogP contribution is 2.25. The van der Waals surface area contributed by atoms with Gasteiger partial charge in [-0.1, -0.05) is 77.1 Å². The summed E-state index contributed by atoms with van der Waals surface area (Å²) in [6.45, 7) is 2.26. The fourth-order valence-electron chi connectivity index (χ4n) is 4.04. The molecule has 0 radical (unpaired) electrons. The molecule has 2 aromatic carbocycles. The Morgan fingerprint density at radius 3 is 2.39 bits per heavy atom. The monoisotopic (exact) mass is 570 g/mol. The molecule has 0 heterocycles. The number of amides is 2. The number of benzene rings is 2. The number of thioether (sulfide) groups is 1. The van der Waals surface area contributed by atoms with Gasteiger partial charge < -0.3 is 10.2 Å². The number of hydrogen-bond acceptors (Lipinski definition) is 3. The fraction of sp³-hybridized carbons (Fsp3) is 0.440. The van der Waals surface area contributed by atoms with Crippen molar-refractivity contribution in [2.45, 2.75) is 63.4 Å². The van der Waals surface area contributed by atoms with Crippen LogP contribution in [0.2, 0.25) is 10.0 Å². The second kappa shape index (κ2) is 13.0. The average Bonchev–Trinajstić information content (AvgIpc) is 3.30. The van der Waals surface area contributed by atoms with Gasteiger partial charge in [0.2, 0.25) is 11.8 Å². The third-order valence-electron chi connectivity index (χ3n) is 5.83. The van der Waals surface area contributed by atoms with E-state index in [1.807, 2.05) is 37.3 Å². The highest BCUT2D eigenvalue weighted by atomic mass is 79.9. The predicted octanol–water partition coefficient (Wildman–Crippen LogP) is 6.86. The zero-order chi connectivity index (χ0) is 23.8. The number of carbonyl (C=O) groups is 2. The number of nitrogens with one attached hydrogen (secondary N) is 1. The summed E-state index contributed by atoms with van der Waals surface area (Å²) in [7, 11) is 0. The molecule has 1 N–H and O–H groups in total. The average molecular weight is 572 g/mol. The Morgan fingerprint density at radius 2 is 1.76 bits per heavy atom. The minimum atomic E-state index is -0.527. The first-order valence-corrected chi connectivity index (χ1v) is 13.9. The normalized spacial score (nSPS) is 14.8. The second-order valence-corrected chi connectivity index (χ2v) is 11.0. The van der Waals surface area contributed by atoms with E-state index < -0.39 is 6.04 Å². The van der Waals surface area contributed by atoms with Crippen molar-refractivity contribution >= 4 is 62.7 Å². The van der Waals surface area contributed by atoms with Gasteiger partial charge in [-0.15, -0.1) is 11.8 Å². The molecule has 3 rings (SSSR count). The van der Waals surface area contributed by atoms with Gasteiger partial charge in [0.15, 0.2) is 0 Å². The second-order valence-electron chi connectivity index (χ2n) is 8.30. The lowest BCUT2D eigenvalue weighted by Gasteiger charge is -2.31. The summed E-state index contributed by atoms with van der Waals surface area (Å²) in [4.78, 5) is 28.2. The number of carbonyl (C=O) groups excluding carboxylic acids is 2. The van der Waals surface area contributed by atoms with Crippen LogP contribution in [0.5, 0.6) is 0 Å². The van der Waals surface area contributed by atoms with E-state index in [0.717, 1.165) is 47.0 Å². The SMILES string of the molecule is CCC(C(=O)NC1CCCC1)N(Cc1ccc(Cl)c(Cl)c1)C(=O)CSCc1ccc(Br)cc1. The van der Waals surface area contributed by atoms with Crippen LogP contribution in [0.1, 0.15) is 50.2 Å². The molecule has 1 unspecified atom stereocenters. The van der Waals surface area contributed by atoms with Crippen LogP contribution in [0.25, 0.3) is 0 Å². The van der Waals surface area contributed by atoms with Gasteiger partial charge in [-0.25, -0.2) is 0 Å². The van der Waals surface area contributed by atoms with Crippen LogP contribution in [0.4, 0.5) is 0 Å². The van der Waals surface area contributed by atoms with Gasteiger partial charge in [0.1, 0.15) is 6.04 Å². The van der Waals surface area contributed by atoms with Crippen LogP contribution in [0, 0.1) is 0 Å². The molecule has 2 aromatic rings. The molecule has 178 valence electrons. The molecule has 1 atom stereocenters. The minimum Gasteiger partial charge on any atom is -0.352 e. The molecular formula is C25H29BrCl2N2O2S.